The molecule has 1 rings (SSSR count). The lowest BCUT2D eigenvalue weighted by Gasteiger charge is -2.32. The van der Waals surface area contributed by atoms with E-state index in [9.17, 15) is 0 Å². The molecule has 2 atom stereocenters. The Balaban J connectivity index is 2.81. The van der Waals surface area contributed by atoms with Gasteiger partial charge in [0.2, 0.25) is 0 Å². The van der Waals surface area contributed by atoms with Gasteiger partial charge in [-0.2, -0.15) is 0 Å². The summed E-state index contributed by atoms with van der Waals surface area (Å²) in [6, 6.07) is 0.159. The van der Waals surface area contributed by atoms with Gasteiger partial charge in [-0.25, -0.2) is 4.98 Å². The van der Waals surface area contributed by atoms with E-state index in [1.807, 2.05) is 24.0 Å². The lowest BCUT2D eigenvalue weighted by atomic mass is 9.88. The van der Waals surface area contributed by atoms with E-state index in [1.165, 1.54) is 0 Å². The largest absolute Gasteiger partial charge is 0.329 e. The molecule has 3 nitrogen and oxygen atoms in total. The molecular weight excluding hydrogens is 206 g/mol. The number of hydrogen-bond acceptors (Lipinski definition) is 3. The van der Waals surface area contributed by atoms with E-state index in [2.05, 4.69) is 32.7 Å². The molecule has 2 unspecified atom stereocenters. The molecule has 0 saturated carbocycles. The molecule has 0 saturated heterocycles. The molecule has 1 aromatic rings. The van der Waals surface area contributed by atoms with Gasteiger partial charge >= 0.3 is 0 Å². The summed E-state index contributed by atoms with van der Waals surface area (Å²) < 4.78 is 2.03. The Hall–Kier alpha value is -0.480. The number of nitrogens with two attached hydrogens (primary N) is 1. The van der Waals surface area contributed by atoms with Gasteiger partial charge in [-0.1, -0.05) is 32.5 Å². The van der Waals surface area contributed by atoms with Crippen molar-refractivity contribution in [3.63, 3.8) is 0 Å². The summed E-state index contributed by atoms with van der Waals surface area (Å²) in [5, 5.41) is 1.41. The number of aryl methyl sites for hydroxylation is 1. The van der Waals surface area contributed by atoms with E-state index in [0.717, 1.165) is 5.16 Å². The third-order valence-electron chi connectivity index (χ3n) is 2.34. The van der Waals surface area contributed by atoms with Crippen LogP contribution in [-0.2, 0) is 7.05 Å². The molecule has 0 bridgehead atoms. The maximum atomic E-state index is 6.03. The van der Waals surface area contributed by atoms with Gasteiger partial charge in [-0.05, 0) is 12.3 Å². The summed E-state index contributed by atoms with van der Waals surface area (Å²) >= 11 is 1.76. The third kappa shape index (κ3) is 3.24. The molecule has 0 fully saturated rings. The number of imidazole rings is 1. The predicted octanol–water partition coefficient (Wildman–Crippen LogP) is 2.27. The Morgan fingerprint density at radius 2 is 2.07 bits per heavy atom. The van der Waals surface area contributed by atoms with Gasteiger partial charge in [-0.3, -0.25) is 0 Å². The van der Waals surface area contributed by atoms with Crippen LogP contribution in [0.2, 0.25) is 0 Å². The second kappa shape index (κ2) is 4.58. The SMILES string of the molecule is CC(N)C(Sc1nccn1C)C(C)(C)C. The molecule has 0 aliphatic rings. The molecule has 2 N–H and O–H groups in total. The fourth-order valence-corrected chi connectivity index (χ4v) is 2.80. The second-order valence-corrected chi connectivity index (χ2v) is 6.19. The fourth-order valence-electron chi connectivity index (χ4n) is 1.65. The lowest BCUT2D eigenvalue weighted by Crippen LogP contribution is -2.39. The van der Waals surface area contributed by atoms with Gasteiger partial charge in [0.15, 0.2) is 5.16 Å². The molecule has 15 heavy (non-hydrogen) atoms. The smallest absolute Gasteiger partial charge is 0.168 e. The van der Waals surface area contributed by atoms with Gasteiger partial charge in [0, 0.05) is 30.7 Å². The minimum atomic E-state index is 0.159. The van der Waals surface area contributed by atoms with Crippen LogP contribution in [0.25, 0.3) is 0 Å². The lowest BCUT2D eigenvalue weighted by molar-refractivity contribution is 0.363. The molecular formula is C11H21N3S. The van der Waals surface area contributed by atoms with E-state index >= 15 is 0 Å². The van der Waals surface area contributed by atoms with Crippen LogP contribution in [-0.4, -0.2) is 20.8 Å². The number of thioether (sulfide) groups is 1. The third-order valence-corrected chi connectivity index (χ3v) is 4.33. The average molecular weight is 227 g/mol. The molecule has 4 heteroatoms. The standard InChI is InChI=1S/C11H21N3S/c1-8(12)9(11(2,3)4)15-10-13-6-7-14(10)5/h6-9H,12H2,1-5H3. The van der Waals surface area contributed by atoms with Crippen molar-refractivity contribution >= 4 is 11.8 Å². The van der Waals surface area contributed by atoms with Crippen LogP contribution >= 0.6 is 11.8 Å². The first kappa shape index (κ1) is 12.6. The van der Waals surface area contributed by atoms with Crippen LogP contribution in [0.15, 0.2) is 17.6 Å². The van der Waals surface area contributed by atoms with E-state index in [1.54, 1.807) is 11.8 Å². The van der Waals surface area contributed by atoms with Crippen molar-refractivity contribution in [3.05, 3.63) is 12.4 Å². The first-order chi connectivity index (χ1) is 6.82. The van der Waals surface area contributed by atoms with Crippen LogP contribution in [0.5, 0.6) is 0 Å². The summed E-state index contributed by atoms with van der Waals surface area (Å²) in [5.74, 6) is 0. The van der Waals surface area contributed by atoms with E-state index < -0.39 is 0 Å². The normalized spacial score (nSPS) is 16.4. The van der Waals surface area contributed by atoms with Gasteiger partial charge in [0.05, 0.1) is 0 Å². The zero-order valence-corrected chi connectivity index (χ0v) is 11.0. The Bertz CT molecular complexity index is 312. The topological polar surface area (TPSA) is 43.8 Å². The van der Waals surface area contributed by atoms with Crippen molar-refractivity contribution in [3.8, 4) is 0 Å². The summed E-state index contributed by atoms with van der Waals surface area (Å²) in [7, 11) is 2.01. The molecule has 0 spiro atoms. The second-order valence-electron chi connectivity index (χ2n) is 5.08. The summed E-state index contributed by atoms with van der Waals surface area (Å²) in [4.78, 5) is 4.32. The van der Waals surface area contributed by atoms with Crippen molar-refractivity contribution < 1.29 is 0 Å². The van der Waals surface area contributed by atoms with Crippen LogP contribution in [0.3, 0.4) is 0 Å². The molecule has 0 amide bonds. The zero-order chi connectivity index (χ0) is 11.6. The highest BCUT2D eigenvalue weighted by atomic mass is 32.2. The average Bonchev–Trinajstić information content (AvgIpc) is 2.44. The summed E-state index contributed by atoms with van der Waals surface area (Å²) in [5.41, 5.74) is 6.22. The van der Waals surface area contributed by atoms with Crippen molar-refractivity contribution in [1.29, 1.82) is 0 Å². The minimum absolute atomic E-state index is 0.159. The van der Waals surface area contributed by atoms with Crippen LogP contribution < -0.4 is 5.73 Å². The zero-order valence-electron chi connectivity index (χ0n) is 10.2. The Labute approximate surface area is 96.5 Å². The number of hydrogen-bond donors (Lipinski definition) is 1. The number of nitrogens with zero attached hydrogens (tertiary/aromatic N) is 2. The number of aromatic nitrogens is 2. The van der Waals surface area contributed by atoms with Crippen molar-refractivity contribution in [2.75, 3.05) is 0 Å². The van der Waals surface area contributed by atoms with E-state index in [-0.39, 0.29) is 11.5 Å². The van der Waals surface area contributed by atoms with Crippen LogP contribution in [0.4, 0.5) is 0 Å². The van der Waals surface area contributed by atoms with Crippen LogP contribution in [0, 0.1) is 5.41 Å². The highest BCUT2D eigenvalue weighted by Gasteiger charge is 2.29. The van der Waals surface area contributed by atoms with Gasteiger partial charge in [-0.15, -0.1) is 0 Å². The highest BCUT2D eigenvalue weighted by Crippen LogP contribution is 2.35. The van der Waals surface area contributed by atoms with Crippen molar-refractivity contribution in [1.82, 2.24) is 9.55 Å². The fraction of sp³-hybridized carbons (Fsp3) is 0.727. The number of rotatable bonds is 3. The highest BCUT2D eigenvalue weighted by molar-refractivity contribution is 7.99. The molecule has 1 aromatic heterocycles. The Morgan fingerprint density at radius 3 is 2.40 bits per heavy atom. The van der Waals surface area contributed by atoms with Crippen molar-refractivity contribution in [2.24, 2.45) is 18.2 Å². The molecule has 86 valence electrons. The van der Waals surface area contributed by atoms with E-state index in [0.29, 0.717) is 5.25 Å². The molecule has 1 heterocycles. The van der Waals surface area contributed by atoms with Crippen LogP contribution in [0.1, 0.15) is 27.7 Å². The van der Waals surface area contributed by atoms with Crippen molar-refractivity contribution in [2.45, 2.75) is 44.1 Å². The maximum Gasteiger partial charge on any atom is 0.168 e. The van der Waals surface area contributed by atoms with E-state index in [4.69, 9.17) is 5.73 Å². The van der Waals surface area contributed by atoms with Gasteiger partial charge < -0.3 is 10.3 Å². The monoisotopic (exact) mass is 227 g/mol. The first-order valence-electron chi connectivity index (χ1n) is 5.22. The summed E-state index contributed by atoms with van der Waals surface area (Å²) in [6.07, 6.45) is 3.78. The van der Waals surface area contributed by atoms with Gasteiger partial charge in [0.25, 0.3) is 0 Å². The Morgan fingerprint density at radius 1 is 1.47 bits per heavy atom. The summed E-state index contributed by atoms with van der Waals surface area (Å²) in [6.45, 7) is 8.72. The molecule has 0 aliphatic heterocycles. The van der Waals surface area contributed by atoms with Gasteiger partial charge in [0.1, 0.15) is 0 Å². The molecule has 0 aliphatic carbocycles. The first-order valence-corrected chi connectivity index (χ1v) is 6.10. The molecule has 0 radical (unpaired) electrons. The minimum Gasteiger partial charge on any atom is -0.329 e. The predicted molar refractivity (Wildman–Crippen MR) is 66.0 cm³/mol. The quantitative estimate of drug-likeness (QED) is 0.806. The Kier molecular flexibility index (Phi) is 3.84. The molecule has 0 aromatic carbocycles. The maximum absolute atomic E-state index is 6.03.